The van der Waals surface area contributed by atoms with Crippen LogP contribution in [0.15, 0.2) is 82.4 Å². The average Bonchev–Trinajstić information content (AvgIpc) is 3.18. The SMILES string of the molecule is O=C1C=CC(=O)N1CCCn1c2ccccc2c(=O)c2cc3[nH]c4ccccc4c(=O)c3cc21. The number of aromatic amines is 1. The van der Waals surface area contributed by atoms with Gasteiger partial charge in [0.05, 0.1) is 16.6 Å². The maximum absolute atomic E-state index is 13.4. The van der Waals surface area contributed by atoms with Gasteiger partial charge in [-0.2, -0.15) is 0 Å². The molecule has 3 heterocycles. The Labute approximate surface area is 192 Å². The first-order valence-electron chi connectivity index (χ1n) is 11.1. The maximum Gasteiger partial charge on any atom is 0.253 e. The third-order valence-corrected chi connectivity index (χ3v) is 6.46. The van der Waals surface area contributed by atoms with Gasteiger partial charge in [0, 0.05) is 52.3 Å². The Balaban J connectivity index is 1.57. The molecule has 2 aromatic heterocycles. The predicted octanol–water partition coefficient (Wildman–Crippen LogP) is 3.46. The summed E-state index contributed by atoms with van der Waals surface area (Å²) in [6.45, 7) is 0.733. The summed E-state index contributed by atoms with van der Waals surface area (Å²) >= 11 is 0. The van der Waals surface area contributed by atoms with Gasteiger partial charge >= 0.3 is 0 Å². The van der Waals surface area contributed by atoms with Crippen LogP contribution in [0.4, 0.5) is 0 Å². The van der Waals surface area contributed by atoms with Crippen molar-refractivity contribution in [1.82, 2.24) is 14.5 Å². The fourth-order valence-corrected chi connectivity index (χ4v) is 4.82. The molecule has 0 saturated carbocycles. The van der Waals surface area contributed by atoms with Crippen LogP contribution in [0.5, 0.6) is 0 Å². The number of carbonyl (C=O) groups excluding carboxylic acids is 2. The smallest absolute Gasteiger partial charge is 0.253 e. The number of fused-ring (bicyclic) bond motifs is 4. The summed E-state index contributed by atoms with van der Waals surface area (Å²) in [6, 6.07) is 18.2. The highest BCUT2D eigenvalue weighted by atomic mass is 16.2. The molecule has 3 aromatic carbocycles. The van der Waals surface area contributed by atoms with Crippen molar-refractivity contribution in [1.29, 1.82) is 0 Å². The normalized spacial score (nSPS) is 13.8. The number of hydrogen-bond acceptors (Lipinski definition) is 4. The highest BCUT2D eigenvalue weighted by Crippen LogP contribution is 2.24. The number of H-pyrrole nitrogens is 1. The lowest BCUT2D eigenvalue weighted by Crippen LogP contribution is -2.31. The summed E-state index contributed by atoms with van der Waals surface area (Å²) in [5.41, 5.74) is 2.51. The molecule has 0 bridgehead atoms. The Morgan fingerprint density at radius 2 is 1.29 bits per heavy atom. The Morgan fingerprint density at radius 1 is 0.618 bits per heavy atom. The van der Waals surface area contributed by atoms with Gasteiger partial charge in [-0.25, -0.2) is 0 Å². The van der Waals surface area contributed by atoms with E-state index in [1.54, 1.807) is 24.3 Å². The first-order valence-corrected chi connectivity index (χ1v) is 11.1. The van der Waals surface area contributed by atoms with Crippen LogP contribution < -0.4 is 10.9 Å². The highest BCUT2D eigenvalue weighted by molar-refractivity contribution is 6.12. The van der Waals surface area contributed by atoms with Gasteiger partial charge < -0.3 is 9.55 Å². The van der Waals surface area contributed by atoms with Crippen molar-refractivity contribution in [3.63, 3.8) is 0 Å². The van der Waals surface area contributed by atoms with Crippen LogP contribution in [0.25, 0.3) is 43.6 Å². The van der Waals surface area contributed by atoms with E-state index in [4.69, 9.17) is 0 Å². The van der Waals surface area contributed by atoms with E-state index in [0.29, 0.717) is 51.1 Å². The molecule has 166 valence electrons. The molecule has 7 nitrogen and oxygen atoms in total. The van der Waals surface area contributed by atoms with Gasteiger partial charge in [-0.1, -0.05) is 24.3 Å². The van der Waals surface area contributed by atoms with E-state index in [0.717, 1.165) is 5.52 Å². The van der Waals surface area contributed by atoms with Gasteiger partial charge in [0.1, 0.15) is 0 Å². The van der Waals surface area contributed by atoms with E-state index < -0.39 is 0 Å². The Kier molecular flexibility index (Phi) is 4.45. The molecular formula is C27H19N3O4. The highest BCUT2D eigenvalue weighted by Gasteiger charge is 2.22. The molecule has 6 rings (SSSR count). The third-order valence-electron chi connectivity index (χ3n) is 6.46. The largest absolute Gasteiger partial charge is 0.354 e. The van der Waals surface area contributed by atoms with E-state index in [9.17, 15) is 19.2 Å². The monoisotopic (exact) mass is 449 g/mol. The quantitative estimate of drug-likeness (QED) is 0.336. The summed E-state index contributed by atoms with van der Waals surface area (Å²) in [4.78, 5) is 55.0. The van der Waals surface area contributed by atoms with Gasteiger partial charge in [0.25, 0.3) is 11.8 Å². The molecule has 5 aromatic rings. The number of aryl methyl sites for hydroxylation is 1. The Bertz CT molecular complexity index is 1810. The van der Waals surface area contributed by atoms with Gasteiger partial charge in [-0.05, 0) is 42.8 Å². The minimum absolute atomic E-state index is 0.0993. The minimum Gasteiger partial charge on any atom is -0.354 e. The molecule has 0 unspecified atom stereocenters. The maximum atomic E-state index is 13.4. The summed E-state index contributed by atoms with van der Waals surface area (Å²) in [7, 11) is 0. The van der Waals surface area contributed by atoms with E-state index in [1.807, 2.05) is 41.0 Å². The van der Waals surface area contributed by atoms with Crippen LogP contribution in [-0.2, 0) is 16.1 Å². The minimum atomic E-state index is -0.316. The standard InChI is InChI=1S/C27H19N3O4/c31-24-10-11-25(32)30(24)13-5-12-29-22-9-4-2-7-17(22)27(34)19-14-21-18(15-23(19)29)26(33)16-6-1-3-8-20(16)28-21/h1-4,6-11,14-15H,5,12-13H2,(H,28,33). The first-order chi connectivity index (χ1) is 16.5. The number of carbonyl (C=O) groups is 2. The van der Waals surface area contributed by atoms with Crippen molar-refractivity contribution < 1.29 is 9.59 Å². The van der Waals surface area contributed by atoms with Crippen molar-refractivity contribution in [2.75, 3.05) is 6.54 Å². The molecule has 0 saturated heterocycles. The van der Waals surface area contributed by atoms with Crippen LogP contribution in [-0.4, -0.2) is 32.8 Å². The van der Waals surface area contributed by atoms with Crippen LogP contribution in [0.2, 0.25) is 0 Å². The molecule has 0 atom stereocenters. The number of benzene rings is 3. The molecule has 0 radical (unpaired) electrons. The number of para-hydroxylation sites is 2. The van der Waals surface area contributed by atoms with E-state index in [2.05, 4.69) is 4.98 Å². The van der Waals surface area contributed by atoms with Crippen LogP contribution in [0.1, 0.15) is 6.42 Å². The number of nitrogens with one attached hydrogen (secondary N) is 1. The van der Waals surface area contributed by atoms with E-state index >= 15 is 0 Å². The lowest BCUT2D eigenvalue weighted by molar-refractivity contribution is -0.136. The molecule has 0 aliphatic carbocycles. The summed E-state index contributed by atoms with van der Waals surface area (Å²) in [5, 5.41) is 2.17. The first kappa shape index (κ1) is 20.1. The van der Waals surface area contributed by atoms with Gasteiger partial charge in [-0.15, -0.1) is 0 Å². The molecule has 2 amide bonds. The summed E-state index contributed by atoms with van der Waals surface area (Å²) < 4.78 is 2.00. The van der Waals surface area contributed by atoms with Gasteiger partial charge in [0.2, 0.25) is 0 Å². The second-order valence-corrected chi connectivity index (χ2v) is 8.43. The van der Waals surface area contributed by atoms with Crippen molar-refractivity contribution in [2.45, 2.75) is 13.0 Å². The number of amides is 2. The van der Waals surface area contributed by atoms with Gasteiger partial charge in [-0.3, -0.25) is 24.1 Å². The van der Waals surface area contributed by atoms with Crippen molar-refractivity contribution >= 4 is 55.4 Å². The summed E-state index contributed by atoms with van der Waals surface area (Å²) in [5.74, 6) is -0.631. The van der Waals surface area contributed by atoms with Crippen molar-refractivity contribution in [3.05, 3.63) is 93.3 Å². The zero-order valence-corrected chi connectivity index (χ0v) is 18.1. The third kappa shape index (κ3) is 2.97. The number of rotatable bonds is 4. The molecule has 0 spiro atoms. The van der Waals surface area contributed by atoms with Crippen LogP contribution in [0, 0.1) is 0 Å². The molecular weight excluding hydrogens is 430 g/mol. The topological polar surface area (TPSA) is 92.2 Å². The number of hydrogen-bond donors (Lipinski definition) is 1. The van der Waals surface area contributed by atoms with Crippen molar-refractivity contribution in [3.8, 4) is 0 Å². The van der Waals surface area contributed by atoms with E-state index in [1.165, 1.54) is 17.1 Å². The van der Waals surface area contributed by atoms with Gasteiger partial charge in [0.15, 0.2) is 10.9 Å². The second kappa shape index (κ2) is 7.52. The van der Waals surface area contributed by atoms with E-state index in [-0.39, 0.29) is 29.2 Å². The Morgan fingerprint density at radius 3 is 2.09 bits per heavy atom. The number of imide groups is 1. The molecule has 34 heavy (non-hydrogen) atoms. The summed E-state index contributed by atoms with van der Waals surface area (Å²) in [6.07, 6.45) is 3.05. The fraction of sp³-hybridized carbons (Fsp3) is 0.111. The average molecular weight is 449 g/mol. The number of pyridine rings is 2. The molecule has 1 aliphatic rings. The number of nitrogens with zero attached hydrogens (tertiary/aromatic N) is 2. The molecule has 1 N–H and O–H groups in total. The predicted molar refractivity (Wildman–Crippen MR) is 132 cm³/mol. The zero-order chi connectivity index (χ0) is 23.4. The molecule has 7 heteroatoms. The molecule has 1 aliphatic heterocycles. The van der Waals surface area contributed by atoms with Crippen molar-refractivity contribution in [2.24, 2.45) is 0 Å². The van der Waals surface area contributed by atoms with Crippen LogP contribution in [0.3, 0.4) is 0 Å². The zero-order valence-electron chi connectivity index (χ0n) is 18.1. The number of aromatic nitrogens is 2. The Hall–Kier alpha value is -4.52. The van der Waals surface area contributed by atoms with Crippen LogP contribution >= 0.6 is 0 Å². The second-order valence-electron chi connectivity index (χ2n) is 8.43. The fourth-order valence-electron chi connectivity index (χ4n) is 4.82. The lowest BCUT2D eigenvalue weighted by atomic mass is 10.0. The molecule has 0 fully saturated rings. The lowest BCUT2D eigenvalue weighted by Gasteiger charge is -2.18.